The fraction of sp³-hybridized carbons (Fsp3) is 0.136. The third-order valence-electron chi connectivity index (χ3n) is 4.37. The van der Waals surface area contributed by atoms with E-state index in [0.29, 0.717) is 5.95 Å². The average Bonchev–Trinajstić information content (AvgIpc) is 2.69. The molecular weight excluding hydrogens is 334 g/mol. The Kier molecular flexibility index (Phi) is 4.66. The molecule has 4 aromatic rings. The van der Waals surface area contributed by atoms with Crippen LogP contribution in [0.3, 0.4) is 0 Å². The van der Waals surface area contributed by atoms with Gasteiger partial charge in [-0.1, -0.05) is 48.5 Å². The summed E-state index contributed by atoms with van der Waals surface area (Å²) >= 11 is 0. The maximum absolute atomic E-state index is 4.71. The fourth-order valence-corrected chi connectivity index (χ4v) is 3.07. The highest BCUT2D eigenvalue weighted by Gasteiger charge is 2.09. The lowest BCUT2D eigenvalue weighted by Gasteiger charge is -2.19. The Morgan fingerprint density at radius 1 is 0.926 bits per heavy atom. The summed E-state index contributed by atoms with van der Waals surface area (Å²) in [6.45, 7) is 2.76. The quantitative estimate of drug-likeness (QED) is 0.562. The first kappa shape index (κ1) is 17.0. The van der Waals surface area contributed by atoms with E-state index in [2.05, 4.69) is 44.5 Å². The number of hydrogen-bond acceptors (Lipinski definition) is 5. The molecule has 0 aliphatic carbocycles. The van der Waals surface area contributed by atoms with E-state index in [1.807, 2.05) is 56.4 Å². The minimum Gasteiger partial charge on any atom is -0.355 e. The van der Waals surface area contributed by atoms with Crippen molar-refractivity contribution in [3.63, 3.8) is 0 Å². The number of nitrogens with one attached hydrogen (secondary N) is 1. The van der Waals surface area contributed by atoms with E-state index in [-0.39, 0.29) is 0 Å². The van der Waals surface area contributed by atoms with Crippen LogP contribution in [-0.2, 0) is 6.54 Å². The zero-order valence-corrected chi connectivity index (χ0v) is 15.4. The number of hydrogen-bond donors (Lipinski definition) is 1. The van der Waals surface area contributed by atoms with Crippen LogP contribution in [0.1, 0.15) is 11.3 Å². The molecule has 134 valence electrons. The zero-order chi connectivity index (χ0) is 18.6. The van der Waals surface area contributed by atoms with Crippen molar-refractivity contribution >= 4 is 28.4 Å². The van der Waals surface area contributed by atoms with E-state index in [9.17, 15) is 0 Å². The van der Waals surface area contributed by atoms with Gasteiger partial charge in [0.1, 0.15) is 5.82 Å². The topological polar surface area (TPSA) is 53.9 Å². The van der Waals surface area contributed by atoms with Crippen LogP contribution in [0.15, 0.2) is 72.9 Å². The maximum Gasteiger partial charge on any atom is 0.229 e. The van der Waals surface area contributed by atoms with Crippen molar-refractivity contribution in [3.8, 4) is 0 Å². The fourth-order valence-electron chi connectivity index (χ4n) is 3.07. The van der Waals surface area contributed by atoms with Crippen LogP contribution in [0.5, 0.6) is 0 Å². The van der Waals surface area contributed by atoms with Crippen LogP contribution >= 0.6 is 0 Å². The molecule has 4 rings (SSSR count). The molecule has 0 saturated carbocycles. The second-order valence-corrected chi connectivity index (χ2v) is 6.54. The smallest absolute Gasteiger partial charge is 0.229 e. The molecule has 0 fully saturated rings. The number of rotatable bonds is 5. The zero-order valence-electron chi connectivity index (χ0n) is 15.4. The summed E-state index contributed by atoms with van der Waals surface area (Å²) in [6, 6.07) is 22.4. The standard InChI is InChI=1S/C22H21N5/c1-16-14-20(27(2)15-17-8-4-3-5-9-17)26-22(24-16)25-19-12-6-10-18-11-7-13-23-21(18)19/h3-14H,15H2,1-2H3,(H,24,25,26). The van der Waals surface area contributed by atoms with Crippen molar-refractivity contribution in [2.24, 2.45) is 0 Å². The van der Waals surface area contributed by atoms with E-state index in [1.54, 1.807) is 6.20 Å². The normalized spacial score (nSPS) is 10.7. The summed E-state index contributed by atoms with van der Waals surface area (Å²) in [5.41, 5.74) is 3.96. The molecule has 0 radical (unpaired) electrons. The molecule has 0 atom stereocenters. The second kappa shape index (κ2) is 7.41. The number of benzene rings is 2. The van der Waals surface area contributed by atoms with Gasteiger partial charge in [0.05, 0.1) is 11.2 Å². The molecular formula is C22H21N5. The van der Waals surface area contributed by atoms with Gasteiger partial charge in [0, 0.05) is 36.9 Å². The lowest BCUT2D eigenvalue weighted by molar-refractivity contribution is 0.888. The minimum atomic E-state index is 0.572. The van der Waals surface area contributed by atoms with Gasteiger partial charge in [-0.3, -0.25) is 4.98 Å². The Hall–Kier alpha value is -3.47. The molecule has 0 aliphatic rings. The third kappa shape index (κ3) is 3.87. The van der Waals surface area contributed by atoms with Crippen molar-refractivity contribution in [1.82, 2.24) is 15.0 Å². The van der Waals surface area contributed by atoms with Crippen LogP contribution in [0, 0.1) is 6.92 Å². The second-order valence-electron chi connectivity index (χ2n) is 6.54. The number of anilines is 3. The van der Waals surface area contributed by atoms with Gasteiger partial charge >= 0.3 is 0 Å². The highest BCUT2D eigenvalue weighted by atomic mass is 15.2. The highest BCUT2D eigenvalue weighted by molar-refractivity contribution is 5.91. The molecule has 2 heterocycles. The Bertz CT molecular complexity index is 1060. The van der Waals surface area contributed by atoms with Crippen molar-refractivity contribution in [3.05, 3.63) is 84.2 Å². The van der Waals surface area contributed by atoms with E-state index < -0.39 is 0 Å². The van der Waals surface area contributed by atoms with Gasteiger partial charge in [-0.05, 0) is 24.6 Å². The molecule has 0 amide bonds. The monoisotopic (exact) mass is 355 g/mol. The lowest BCUT2D eigenvalue weighted by atomic mass is 10.2. The van der Waals surface area contributed by atoms with Crippen LogP contribution in [0.2, 0.25) is 0 Å². The van der Waals surface area contributed by atoms with E-state index in [1.165, 1.54) is 5.56 Å². The number of aromatic nitrogens is 3. The molecule has 5 nitrogen and oxygen atoms in total. The Morgan fingerprint density at radius 3 is 2.59 bits per heavy atom. The SMILES string of the molecule is Cc1cc(N(C)Cc2ccccc2)nc(Nc2cccc3cccnc23)n1. The third-order valence-corrected chi connectivity index (χ3v) is 4.37. The Balaban J connectivity index is 1.62. The van der Waals surface area contributed by atoms with Crippen LogP contribution < -0.4 is 10.2 Å². The van der Waals surface area contributed by atoms with Gasteiger partial charge in [0.2, 0.25) is 5.95 Å². The summed E-state index contributed by atoms with van der Waals surface area (Å²) in [6.07, 6.45) is 1.80. The summed E-state index contributed by atoms with van der Waals surface area (Å²) in [4.78, 5) is 15.9. The lowest BCUT2D eigenvalue weighted by Crippen LogP contribution is -2.18. The number of aryl methyl sites for hydroxylation is 1. The van der Waals surface area contributed by atoms with Crippen molar-refractivity contribution in [2.45, 2.75) is 13.5 Å². The molecule has 1 N–H and O–H groups in total. The first-order chi connectivity index (χ1) is 13.2. The number of nitrogens with zero attached hydrogens (tertiary/aromatic N) is 4. The maximum atomic E-state index is 4.71. The van der Waals surface area contributed by atoms with E-state index >= 15 is 0 Å². The molecule has 2 aromatic heterocycles. The molecule has 0 spiro atoms. The number of pyridine rings is 1. The molecule has 27 heavy (non-hydrogen) atoms. The van der Waals surface area contributed by atoms with Gasteiger partial charge in [0.25, 0.3) is 0 Å². The van der Waals surface area contributed by atoms with Crippen molar-refractivity contribution in [1.29, 1.82) is 0 Å². The predicted molar refractivity (Wildman–Crippen MR) is 110 cm³/mol. The van der Waals surface area contributed by atoms with E-state index in [0.717, 1.165) is 34.6 Å². The largest absolute Gasteiger partial charge is 0.355 e. The van der Waals surface area contributed by atoms with Gasteiger partial charge in [-0.2, -0.15) is 4.98 Å². The predicted octanol–water partition coefficient (Wildman–Crippen LogP) is 4.71. The van der Waals surface area contributed by atoms with Crippen LogP contribution in [0.25, 0.3) is 10.9 Å². The van der Waals surface area contributed by atoms with Crippen LogP contribution in [-0.4, -0.2) is 22.0 Å². The minimum absolute atomic E-state index is 0.572. The van der Waals surface area contributed by atoms with E-state index in [4.69, 9.17) is 4.98 Å². The van der Waals surface area contributed by atoms with Gasteiger partial charge < -0.3 is 10.2 Å². The molecule has 0 bridgehead atoms. The summed E-state index contributed by atoms with van der Waals surface area (Å²) in [5, 5.41) is 4.42. The Labute approximate surface area is 158 Å². The summed E-state index contributed by atoms with van der Waals surface area (Å²) < 4.78 is 0. The first-order valence-corrected chi connectivity index (χ1v) is 8.90. The summed E-state index contributed by atoms with van der Waals surface area (Å²) in [7, 11) is 2.04. The average molecular weight is 355 g/mol. The van der Waals surface area contributed by atoms with Gasteiger partial charge in [-0.25, -0.2) is 4.98 Å². The molecule has 5 heteroatoms. The highest BCUT2D eigenvalue weighted by Crippen LogP contribution is 2.24. The number of fused-ring (bicyclic) bond motifs is 1. The van der Waals surface area contributed by atoms with Crippen molar-refractivity contribution < 1.29 is 0 Å². The van der Waals surface area contributed by atoms with Crippen LogP contribution in [0.4, 0.5) is 17.5 Å². The van der Waals surface area contributed by atoms with Gasteiger partial charge in [0.15, 0.2) is 0 Å². The van der Waals surface area contributed by atoms with Crippen molar-refractivity contribution in [2.75, 3.05) is 17.3 Å². The molecule has 0 saturated heterocycles. The summed E-state index contributed by atoms with van der Waals surface area (Å²) in [5.74, 6) is 1.45. The number of para-hydroxylation sites is 1. The first-order valence-electron chi connectivity index (χ1n) is 8.90. The molecule has 0 aliphatic heterocycles. The van der Waals surface area contributed by atoms with Gasteiger partial charge in [-0.15, -0.1) is 0 Å². The Morgan fingerprint density at radius 2 is 1.74 bits per heavy atom. The molecule has 2 aromatic carbocycles. The molecule has 0 unspecified atom stereocenters.